The van der Waals surface area contributed by atoms with Gasteiger partial charge >= 0.3 is 6.09 Å². The molecule has 1 unspecified atom stereocenters. The van der Waals surface area contributed by atoms with Crippen LogP contribution in [0.4, 0.5) is 4.79 Å². The Bertz CT molecular complexity index is 307. The lowest BCUT2D eigenvalue weighted by Gasteiger charge is -2.30. The molecule has 0 aromatic carbocycles. The standard InChI is InChI=1S/C11H17NO3/c1-6-8(13)12-9(7(2)3)11(4,5)15-10(12)14/h6-7,9H,1H2,2-5H3. The average molecular weight is 211 g/mol. The highest BCUT2D eigenvalue weighted by Gasteiger charge is 2.51. The molecule has 1 aliphatic heterocycles. The second-order valence-electron chi connectivity index (χ2n) is 4.57. The summed E-state index contributed by atoms with van der Waals surface area (Å²) in [5.41, 5.74) is -0.635. The van der Waals surface area contributed by atoms with Crippen LogP contribution in [0.3, 0.4) is 0 Å². The summed E-state index contributed by atoms with van der Waals surface area (Å²) in [6.45, 7) is 10.9. The number of cyclic esters (lactones) is 1. The SMILES string of the molecule is C=CC(=O)N1C(=O)OC(C)(C)C1C(C)C. The van der Waals surface area contributed by atoms with Crippen molar-refractivity contribution in [3.8, 4) is 0 Å². The summed E-state index contributed by atoms with van der Waals surface area (Å²) in [4.78, 5) is 24.2. The maximum atomic E-state index is 11.5. The fourth-order valence-corrected chi connectivity index (χ4v) is 2.19. The van der Waals surface area contributed by atoms with E-state index in [4.69, 9.17) is 4.74 Å². The molecule has 0 radical (unpaired) electrons. The molecule has 0 aromatic rings. The van der Waals surface area contributed by atoms with Gasteiger partial charge in [-0.3, -0.25) is 4.79 Å². The molecule has 0 aliphatic carbocycles. The Morgan fingerprint density at radius 3 is 2.53 bits per heavy atom. The summed E-state index contributed by atoms with van der Waals surface area (Å²) in [5.74, 6) is -0.250. The molecule has 4 heteroatoms. The minimum Gasteiger partial charge on any atom is -0.441 e. The molecule has 1 saturated heterocycles. The number of hydrogen-bond donors (Lipinski definition) is 0. The van der Waals surface area contributed by atoms with Crippen molar-refractivity contribution in [2.75, 3.05) is 0 Å². The van der Waals surface area contributed by atoms with Gasteiger partial charge in [0.2, 0.25) is 0 Å². The Kier molecular flexibility index (Phi) is 2.88. The lowest BCUT2D eigenvalue weighted by Crippen LogP contribution is -2.47. The molecule has 0 bridgehead atoms. The van der Waals surface area contributed by atoms with Crippen molar-refractivity contribution in [1.82, 2.24) is 4.90 Å². The van der Waals surface area contributed by atoms with Crippen LogP contribution in [-0.2, 0) is 9.53 Å². The molecule has 1 rings (SSSR count). The molecule has 0 spiro atoms. The first-order valence-corrected chi connectivity index (χ1v) is 5.00. The number of rotatable bonds is 2. The van der Waals surface area contributed by atoms with E-state index in [1.807, 2.05) is 27.7 Å². The monoisotopic (exact) mass is 211 g/mol. The molecule has 84 valence electrons. The number of nitrogens with zero attached hydrogens (tertiary/aromatic N) is 1. The van der Waals surface area contributed by atoms with E-state index in [0.717, 1.165) is 11.0 Å². The van der Waals surface area contributed by atoms with E-state index in [9.17, 15) is 9.59 Å². The molecule has 15 heavy (non-hydrogen) atoms. The summed E-state index contributed by atoms with van der Waals surface area (Å²) in [6, 6.07) is -0.240. The van der Waals surface area contributed by atoms with Gasteiger partial charge in [-0.25, -0.2) is 9.69 Å². The quantitative estimate of drug-likeness (QED) is 0.656. The molecular formula is C11H17NO3. The molecule has 1 heterocycles. The van der Waals surface area contributed by atoms with Crippen LogP contribution in [0, 0.1) is 5.92 Å². The van der Waals surface area contributed by atoms with Crippen LogP contribution in [0.2, 0.25) is 0 Å². The Morgan fingerprint density at radius 2 is 2.13 bits per heavy atom. The van der Waals surface area contributed by atoms with E-state index in [-0.39, 0.29) is 12.0 Å². The molecular weight excluding hydrogens is 194 g/mol. The number of imide groups is 1. The van der Waals surface area contributed by atoms with Gasteiger partial charge in [0.1, 0.15) is 5.60 Å². The molecule has 1 atom stereocenters. The number of carbonyl (C=O) groups excluding carboxylic acids is 2. The maximum absolute atomic E-state index is 11.5. The normalized spacial score (nSPS) is 24.2. The first kappa shape index (κ1) is 11.8. The Morgan fingerprint density at radius 1 is 1.60 bits per heavy atom. The van der Waals surface area contributed by atoms with Crippen LogP contribution in [0.25, 0.3) is 0 Å². The largest absolute Gasteiger partial charge is 0.441 e. The van der Waals surface area contributed by atoms with Crippen LogP contribution in [0.5, 0.6) is 0 Å². The molecule has 1 aliphatic rings. The Balaban J connectivity index is 3.08. The minimum atomic E-state index is -0.635. The van der Waals surface area contributed by atoms with Crippen LogP contribution in [-0.4, -0.2) is 28.5 Å². The van der Waals surface area contributed by atoms with Crippen molar-refractivity contribution < 1.29 is 14.3 Å². The van der Waals surface area contributed by atoms with Crippen molar-refractivity contribution in [1.29, 1.82) is 0 Å². The van der Waals surface area contributed by atoms with E-state index in [0.29, 0.717) is 0 Å². The zero-order valence-electron chi connectivity index (χ0n) is 9.61. The minimum absolute atomic E-state index is 0.148. The van der Waals surface area contributed by atoms with Gasteiger partial charge in [0.25, 0.3) is 5.91 Å². The van der Waals surface area contributed by atoms with E-state index < -0.39 is 17.6 Å². The van der Waals surface area contributed by atoms with E-state index in [1.54, 1.807) is 0 Å². The molecule has 0 aromatic heterocycles. The van der Waals surface area contributed by atoms with E-state index in [1.165, 1.54) is 0 Å². The van der Waals surface area contributed by atoms with Crippen molar-refractivity contribution in [3.63, 3.8) is 0 Å². The van der Waals surface area contributed by atoms with Gasteiger partial charge in [-0.1, -0.05) is 20.4 Å². The van der Waals surface area contributed by atoms with E-state index >= 15 is 0 Å². The molecule has 2 amide bonds. The number of hydrogen-bond acceptors (Lipinski definition) is 3. The molecule has 0 saturated carbocycles. The van der Waals surface area contributed by atoms with Crippen molar-refractivity contribution in [2.24, 2.45) is 5.92 Å². The van der Waals surface area contributed by atoms with Crippen molar-refractivity contribution in [3.05, 3.63) is 12.7 Å². The fraction of sp³-hybridized carbons (Fsp3) is 0.636. The summed E-state index contributed by atoms with van der Waals surface area (Å²) < 4.78 is 5.18. The van der Waals surface area contributed by atoms with Gasteiger partial charge in [-0.15, -0.1) is 0 Å². The van der Waals surface area contributed by atoms with Gasteiger partial charge in [0, 0.05) is 0 Å². The molecule has 4 nitrogen and oxygen atoms in total. The highest BCUT2D eigenvalue weighted by atomic mass is 16.6. The zero-order chi connectivity index (χ0) is 11.8. The molecule has 0 N–H and O–H groups in total. The summed E-state index contributed by atoms with van der Waals surface area (Å²) in [6.07, 6.45) is 0.557. The average Bonchev–Trinajstić information content (AvgIpc) is 2.33. The number of ether oxygens (including phenoxy) is 1. The lowest BCUT2D eigenvalue weighted by atomic mass is 9.89. The van der Waals surface area contributed by atoms with Gasteiger partial charge in [-0.05, 0) is 25.8 Å². The smallest absolute Gasteiger partial charge is 0.417 e. The first-order valence-electron chi connectivity index (χ1n) is 5.00. The van der Waals surface area contributed by atoms with Crippen LogP contribution < -0.4 is 0 Å². The molecule has 1 fully saturated rings. The van der Waals surface area contributed by atoms with Crippen LogP contribution in [0.1, 0.15) is 27.7 Å². The third-order valence-electron chi connectivity index (χ3n) is 2.58. The number of amides is 2. The van der Waals surface area contributed by atoms with E-state index in [2.05, 4.69) is 6.58 Å². The van der Waals surface area contributed by atoms with Gasteiger partial charge in [0.15, 0.2) is 0 Å². The zero-order valence-corrected chi connectivity index (χ0v) is 9.61. The second kappa shape index (κ2) is 3.68. The highest BCUT2D eigenvalue weighted by molar-refractivity contribution is 5.99. The van der Waals surface area contributed by atoms with Gasteiger partial charge in [-0.2, -0.15) is 0 Å². The van der Waals surface area contributed by atoms with Crippen LogP contribution in [0.15, 0.2) is 12.7 Å². The number of carbonyl (C=O) groups is 2. The predicted molar refractivity (Wildman–Crippen MR) is 56.2 cm³/mol. The Labute approximate surface area is 89.9 Å². The van der Waals surface area contributed by atoms with Crippen LogP contribution >= 0.6 is 0 Å². The lowest BCUT2D eigenvalue weighted by molar-refractivity contribution is -0.125. The summed E-state index contributed by atoms with van der Waals surface area (Å²) in [5, 5.41) is 0. The predicted octanol–water partition coefficient (Wildman–Crippen LogP) is 1.95. The Hall–Kier alpha value is -1.32. The van der Waals surface area contributed by atoms with Gasteiger partial charge < -0.3 is 4.74 Å². The van der Waals surface area contributed by atoms with Crippen molar-refractivity contribution >= 4 is 12.0 Å². The maximum Gasteiger partial charge on any atom is 0.417 e. The summed E-state index contributed by atoms with van der Waals surface area (Å²) >= 11 is 0. The first-order chi connectivity index (χ1) is 6.81. The van der Waals surface area contributed by atoms with Crippen molar-refractivity contribution in [2.45, 2.75) is 39.3 Å². The van der Waals surface area contributed by atoms with Gasteiger partial charge in [0.05, 0.1) is 6.04 Å². The highest BCUT2D eigenvalue weighted by Crippen LogP contribution is 2.34. The second-order valence-corrected chi connectivity index (χ2v) is 4.57. The topological polar surface area (TPSA) is 46.6 Å². The third kappa shape index (κ3) is 1.89. The summed E-state index contributed by atoms with van der Waals surface area (Å²) in [7, 11) is 0. The fourth-order valence-electron chi connectivity index (χ4n) is 2.19. The third-order valence-corrected chi connectivity index (χ3v) is 2.58.